The first-order chi connectivity index (χ1) is 9.73. The van der Waals surface area contributed by atoms with E-state index in [9.17, 15) is 29.5 Å². The SMILES string of the molecule is CC(=O)SCCC(O)C(O)c1cc([N+](=O)[O-])c(N)cc1F. The highest BCUT2D eigenvalue weighted by atomic mass is 32.2. The van der Waals surface area contributed by atoms with E-state index in [0.29, 0.717) is 0 Å². The van der Waals surface area contributed by atoms with Crippen molar-refractivity contribution in [2.75, 3.05) is 11.5 Å². The maximum Gasteiger partial charge on any atom is 0.292 e. The number of benzene rings is 1. The summed E-state index contributed by atoms with van der Waals surface area (Å²) in [5, 5.41) is 30.2. The number of aliphatic hydroxyl groups is 2. The van der Waals surface area contributed by atoms with Gasteiger partial charge in [-0.05, 0) is 6.42 Å². The molecule has 0 saturated heterocycles. The lowest BCUT2D eigenvalue weighted by Gasteiger charge is -2.18. The van der Waals surface area contributed by atoms with Gasteiger partial charge in [-0.2, -0.15) is 0 Å². The molecule has 9 heteroatoms. The second-order valence-corrected chi connectivity index (χ2v) is 5.60. The minimum Gasteiger partial charge on any atom is -0.393 e. The molecule has 1 rings (SSSR count). The Morgan fingerprint density at radius 1 is 1.52 bits per heavy atom. The average molecular weight is 318 g/mol. The van der Waals surface area contributed by atoms with Crippen LogP contribution in [0.1, 0.15) is 25.0 Å². The lowest BCUT2D eigenvalue weighted by molar-refractivity contribution is -0.384. The number of carbonyl (C=O) groups excluding carboxylic acids is 1. The van der Waals surface area contributed by atoms with Gasteiger partial charge in [0.1, 0.15) is 17.6 Å². The minimum absolute atomic E-state index is 0.0308. The number of nitrogens with zero attached hydrogens (tertiary/aromatic N) is 1. The van der Waals surface area contributed by atoms with Crippen LogP contribution in [-0.2, 0) is 4.79 Å². The van der Waals surface area contributed by atoms with Crippen molar-refractivity contribution in [1.29, 1.82) is 0 Å². The van der Waals surface area contributed by atoms with Crippen molar-refractivity contribution in [3.05, 3.63) is 33.6 Å². The highest BCUT2D eigenvalue weighted by Gasteiger charge is 2.25. The zero-order chi connectivity index (χ0) is 16.2. The zero-order valence-electron chi connectivity index (χ0n) is 11.2. The van der Waals surface area contributed by atoms with Gasteiger partial charge in [0.25, 0.3) is 5.69 Å². The van der Waals surface area contributed by atoms with E-state index in [1.54, 1.807) is 0 Å². The molecule has 0 spiro atoms. The van der Waals surface area contributed by atoms with Crippen LogP contribution in [0.2, 0.25) is 0 Å². The fourth-order valence-corrected chi connectivity index (χ4v) is 2.31. The number of nitrogen functional groups attached to an aromatic ring is 1. The molecule has 7 nitrogen and oxygen atoms in total. The number of rotatable bonds is 6. The smallest absolute Gasteiger partial charge is 0.292 e. The number of aliphatic hydroxyl groups excluding tert-OH is 2. The Labute approximate surface area is 124 Å². The number of nitro benzene ring substituents is 1. The fourth-order valence-electron chi connectivity index (χ4n) is 1.67. The molecular weight excluding hydrogens is 303 g/mol. The Kier molecular flexibility index (Phi) is 6.06. The van der Waals surface area contributed by atoms with Crippen LogP contribution in [0.5, 0.6) is 0 Å². The van der Waals surface area contributed by atoms with Crippen LogP contribution in [-0.4, -0.2) is 32.1 Å². The first-order valence-corrected chi connectivity index (χ1v) is 6.95. The summed E-state index contributed by atoms with van der Waals surface area (Å²) < 4.78 is 13.7. The fraction of sp³-hybridized carbons (Fsp3) is 0.417. The van der Waals surface area contributed by atoms with E-state index in [0.717, 1.165) is 23.9 Å². The number of anilines is 1. The summed E-state index contributed by atoms with van der Waals surface area (Å²) >= 11 is 0.955. The van der Waals surface area contributed by atoms with Crippen LogP contribution in [0.25, 0.3) is 0 Å². The molecular formula is C12H15FN2O5S. The van der Waals surface area contributed by atoms with Gasteiger partial charge in [-0.1, -0.05) is 11.8 Å². The molecule has 21 heavy (non-hydrogen) atoms. The first kappa shape index (κ1) is 17.3. The number of hydrogen-bond donors (Lipinski definition) is 3. The van der Waals surface area contributed by atoms with Gasteiger partial charge in [0.2, 0.25) is 0 Å². The number of nitro groups is 1. The van der Waals surface area contributed by atoms with Gasteiger partial charge < -0.3 is 15.9 Å². The van der Waals surface area contributed by atoms with E-state index in [1.807, 2.05) is 0 Å². The summed E-state index contributed by atoms with van der Waals surface area (Å²) in [6.45, 7) is 1.36. The molecule has 0 fully saturated rings. The molecule has 2 atom stereocenters. The predicted octanol–water partition coefficient (Wildman–Crippen LogP) is 1.38. The average Bonchev–Trinajstić information content (AvgIpc) is 2.37. The van der Waals surface area contributed by atoms with E-state index in [2.05, 4.69) is 0 Å². The van der Waals surface area contributed by atoms with Crippen LogP contribution in [0.4, 0.5) is 15.8 Å². The van der Waals surface area contributed by atoms with Crippen molar-refractivity contribution in [3.8, 4) is 0 Å². The molecule has 0 aliphatic heterocycles. The standard InChI is InChI=1S/C12H15FN2O5S/c1-6(16)21-3-2-11(17)12(18)7-4-10(15(19)20)9(14)5-8(7)13/h4-5,11-12,17-18H,2-3,14H2,1H3. The Morgan fingerprint density at radius 2 is 2.14 bits per heavy atom. The predicted molar refractivity (Wildman–Crippen MR) is 76.2 cm³/mol. The molecule has 116 valence electrons. The van der Waals surface area contributed by atoms with Gasteiger partial charge in [0.15, 0.2) is 5.12 Å². The third-order valence-electron chi connectivity index (χ3n) is 2.74. The molecule has 2 unspecified atom stereocenters. The van der Waals surface area contributed by atoms with E-state index >= 15 is 0 Å². The number of carbonyl (C=O) groups is 1. The van der Waals surface area contributed by atoms with Crippen LogP contribution in [0.15, 0.2) is 12.1 Å². The maximum atomic E-state index is 13.7. The molecule has 1 aromatic rings. The molecule has 4 N–H and O–H groups in total. The molecule has 0 amide bonds. The van der Waals surface area contributed by atoms with Crippen LogP contribution in [0, 0.1) is 15.9 Å². The van der Waals surface area contributed by atoms with Gasteiger partial charge in [-0.3, -0.25) is 14.9 Å². The van der Waals surface area contributed by atoms with Crippen molar-refractivity contribution in [2.45, 2.75) is 25.6 Å². The maximum absolute atomic E-state index is 13.7. The van der Waals surface area contributed by atoms with Gasteiger partial charge in [-0.15, -0.1) is 0 Å². The van der Waals surface area contributed by atoms with Crippen molar-refractivity contribution in [3.63, 3.8) is 0 Å². The lowest BCUT2D eigenvalue weighted by atomic mass is 10.0. The summed E-state index contributed by atoms with van der Waals surface area (Å²) in [7, 11) is 0. The van der Waals surface area contributed by atoms with Crippen LogP contribution < -0.4 is 5.73 Å². The third-order valence-corrected chi connectivity index (χ3v) is 3.59. The summed E-state index contributed by atoms with van der Waals surface area (Å²) in [6, 6.07) is 1.53. The lowest BCUT2D eigenvalue weighted by Crippen LogP contribution is -2.20. The Bertz CT molecular complexity index is 555. The highest BCUT2D eigenvalue weighted by Crippen LogP contribution is 2.30. The Hall–Kier alpha value is -1.71. The topological polar surface area (TPSA) is 127 Å². The summed E-state index contributed by atoms with van der Waals surface area (Å²) in [5.74, 6) is -0.699. The minimum atomic E-state index is -1.64. The quantitative estimate of drug-likeness (QED) is 0.411. The van der Waals surface area contributed by atoms with Crippen molar-refractivity contribution in [2.24, 2.45) is 0 Å². The van der Waals surface area contributed by atoms with Crippen molar-refractivity contribution in [1.82, 2.24) is 0 Å². The summed E-state index contributed by atoms with van der Waals surface area (Å²) in [5.41, 5.74) is 4.00. The normalized spacial score (nSPS) is 13.7. The van der Waals surface area contributed by atoms with Gasteiger partial charge >= 0.3 is 0 Å². The molecule has 0 bridgehead atoms. The summed E-state index contributed by atoms with van der Waals surface area (Å²) in [6.07, 6.45) is -2.96. The van der Waals surface area contributed by atoms with E-state index < -0.39 is 34.2 Å². The van der Waals surface area contributed by atoms with Gasteiger partial charge in [0, 0.05) is 30.4 Å². The second-order valence-electron chi connectivity index (χ2n) is 4.33. The molecule has 0 aliphatic carbocycles. The first-order valence-electron chi connectivity index (χ1n) is 5.96. The molecule has 1 aromatic carbocycles. The third kappa shape index (κ3) is 4.66. The molecule has 0 aliphatic rings. The highest BCUT2D eigenvalue weighted by molar-refractivity contribution is 8.13. The largest absolute Gasteiger partial charge is 0.393 e. The molecule has 0 heterocycles. The van der Waals surface area contributed by atoms with Crippen LogP contribution in [0.3, 0.4) is 0 Å². The molecule has 0 radical (unpaired) electrons. The number of thioether (sulfide) groups is 1. The molecule has 0 saturated carbocycles. The van der Waals surface area contributed by atoms with Crippen molar-refractivity contribution >= 4 is 28.3 Å². The van der Waals surface area contributed by atoms with Gasteiger partial charge in [0.05, 0.1) is 11.0 Å². The van der Waals surface area contributed by atoms with Crippen molar-refractivity contribution < 1.29 is 24.3 Å². The van der Waals surface area contributed by atoms with E-state index in [1.165, 1.54) is 6.92 Å². The Morgan fingerprint density at radius 3 is 2.67 bits per heavy atom. The van der Waals surface area contributed by atoms with Gasteiger partial charge in [-0.25, -0.2) is 4.39 Å². The summed E-state index contributed by atoms with van der Waals surface area (Å²) in [4.78, 5) is 20.7. The Balaban J connectivity index is 2.90. The van der Waals surface area contributed by atoms with Crippen LogP contribution >= 0.6 is 11.8 Å². The second kappa shape index (κ2) is 7.34. The van der Waals surface area contributed by atoms with E-state index in [4.69, 9.17) is 5.73 Å². The monoisotopic (exact) mass is 318 g/mol. The number of halogens is 1. The van der Waals surface area contributed by atoms with E-state index in [-0.39, 0.29) is 23.0 Å². The number of nitrogens with two attached hydrogens (primary N) is 1. The zero-order valence-corrected chi connectivity index (χ0v) is 12.0. The number of hydrogen-bond acceptors (Lipinski definition) is 7. The molecule has 0 aromatic heterocycles.